The first kappa shape index (κ1) is 20.6. The van der Waals surface area contributed by atoms with Crippen molar-refractivity contribution in [2.45, 2.75) is 52.9 Å². The number of hydrogen-bond donors (Lipinski definition) is 0. The highest BCUT2D eigenvalue weighted by molar-refractivity contribution is 5.41. The highest BCUT2D eigenvalue weighted by Crippen LogP contribution is 2.27. The van der Waals surface area contributed by atoms with Crippen LogP contribution in [0.3, 0.4) is 0 Å². The van der Waals surface area contributed by atoms with E-state index in [1.807, 2.05) is 12.4 Å². The molecule has 0 atom stereocenters. The van der Waals surface area contributed by atoms with Gasteiger partial charge in [-0.1, -0.05) is 34.6 Å². The fourth-order valence-corrected chi connectivity index (χ4v) is 3.65. The van der Waals surface area contributed by atoms with Crippen LogP contribution in [0.5, 0.6) is 0 Å². The summed E-state index contributed by atoms with van der Waals surface area (Å²) in [5.74, 6) is 1.01. The molecule has 152 valence electrons. The van der Waals surface area contributed by atoms with Gasteiger partial charge in [-0.2, -0.15) is 15.3 Å². The Labute approximate surface area is 169 Å². The highest BCUT2D eigenvalue weighted by atomic mass is 15.3. The van der Waals surface area contributed by atoms with Gasteiger partial charge in [0.1, 0.15) is 0 Å². The molecular formula is C22H34N6. The highest BCUT2D eigenvalue weighted by Gasteiger charge is 2.24. The molecule has 6 heteroatoms. The van der Waals surface area contributed by atoms with Crippen molar-refractivity contribution in [1.29, 1.82) is 0 Å². The third kappa shape index (κ3) is 5.71. The molecule has 0 N–H and O–H groups in total. The minimum atomic E-state index is 0.0996. The van der Waals surface area contributed by atoms with E-state index in [0.29, 0.717) is 0 Å². The number of piperazine rings is 1. The molecule has 0 bridgehead atoms. The molecule has 0 aliphatic carbocycles. The zero-order valence-electron chi connectivity index (χ0n) is 18.0. The van der Waals surface area contributed by atoms with E-state index >= 15 is 0 Å². The zero-order valence-corrected chi connectivity index (χ0v) is 18.0. The zero-order chi connectivity index (χ0) is 20.2. The first-order valence-corrected chi connectivity index (χ1v) is 10.3. The average molecular weight is 383 g/mol. The SMILES string of the molecule is CC(C)(CCN1CCN(c2cc(C(C)(C)C)cnn2)CC1)Cc1ccnnc1. The van der Waals surface area contributed by atoms with E-state index < -0.39 is 0 Å². The van der Waals surface area contributed by atoms with Gasteiger partial charge in [0, 0.05) is 32.4 Å². The van der Waals surface area contributed by atoms with Crippen LogP contribution >= 0.6 is 0 Å². The maximum atomic E-state index is 4.38. The third-order valence-corrected chi connectivity index (χ3v) is 5.64. The Morgan fingerprint density at radius 2 is 1.68 bits per heavy atom. The van der Waals surface area contributed by atoms with Crippen LogP contribution in [0.4, 0.5) is 5.82 Å². The van der Waals surface area contributed by atoms with E-state index in [1.165, 1.54) is 17.5 Å². The number of nitrogens with zero attached hydrogens (tertiary/aromatic N) is 6. The molecule has 28 heavy (non-hydrogen) atoms. The summed E-state index contributed by atoms with van der Waals surface area (Å²) in [5, 5.41) is 16.5. The van der Waals surface area contributed by atoms with E-state index in [1.54, 1.807) is 6.20 Å². The molecule has 0 spiro atoms. The Balaban J connectivity index is 1.49. The van der Waals surface area contributed by atoms with Gasteiger partial charge in [0.15, 0.2) is 5.82 Å². The molecule has 1 saturated heterocycles. The van der Waals surface area contributed by atoms with Crippen LogP contribution in [-0.4, -0.2) is 58.0 Å². The van der Waals surface area contributed by atoms with Crippen molar-refractivity contribution in [3.8, 4) is 0 Å². The van der Waals surface area contributed by atoms with Crippen LogP contribution in [0.15, 0.2) is 30.7 Å². The molecule has 2 aromatic heterocycles. The van der Waals surface area contributed by atoms with E-state index in [2.05, 4.69) is 76.9 Å². The molecule has 0 saturated carbocycles. The van der Waals surface area contributed by atoms with Crippen LogP contribution in [-0.2, 0) is 11.8 Å². The predicted molar refractivity (Wildman–Crippen MR) is 114 cm³/mol. The summed E-state index contributed by atoms with van der Waals surface area (Å²) < 4.78 is 0. The summed E-state index contributed by atoms with van der Waals surface area (Å²) in [7, 11) is 0. The van der Waals surface area contributed by atoms with Gasteiger partial charge < -0.3 is 4.90 Å². The fourth-order valence-electron chi connectivity index (χ4n) is 3.65. The molecule has 0 aromatic carbocycles. The minimum Gasteiger partial charge on any atom is -0.353 e. The van der Waals surface area contributed by atoms with Gasteiger partial charge in [0.05, 0.1) is 12.4 Å². The lowest BCUT2D eigenvalue weighted by molar-refractivity contribution is 0.207. The Kier molecular flexibility index (Phi) is 6.28. The van der Waals surface area contributed by atoms with Gasteiger partial charge in [0.2, 0.25) is 0 Å². The Hall–Kier alpha value is -2.08. The first-order chi connectivity index (χ1) is 13.2. The average Bonchev–Trinajstić information content (AvgIpc) is 2.67. The van der Waals surface area contributed by atoms with Gasteiger partial charge in [-0.25, -0.2) is 0 Å². The standard InChI is InChI=1S/C22H34N6/c1-21(2,3)19-14-20(26-25-17-19)28-12-10-27(11-13-28)9-7-22(4,5)15-18-6-8-23-24-16-18/h6,8,14,16-17H,7,9-13,15H2,1-5H3. The van der Waals surface area contributed by atoms with Crippen molar-refractivity contribution < 1.29 is 0 Å². The molecule has 0 unspecified atom stereocenters. The smallest absolute Gasteiger partial charge is 0.151 e. The molecule has 3 heterocycles. The summed E-state index contributed by atoms with van der Waals surface area (Å²) in [5.41, 5.74) is 2.86. The summed E-state index contributed by atoms with van der Waals surface area (Å²) in [4.78, 5) is 4.94. The van der Waals surface area contributed by atoms with Gasteiger partial charge >= 0.3 is 0 Å². The van der Waals surface area contributed by atoms with E-state index in [4.69, 9.17) is 0 Å². The molecule has 6 nitrogen and oxygen atoms in total. The monoisotopic (exact) mass is 382 g/mol. The maximum Gasteiger partial charge on any atom is 0.151 e. The second-order valence-electron chi connectivity index (χ2n) is 9.72. The summed E-state index contributed by atoms with van der Waals surface area (Å²) >= 11 is 0. The first-order valence-electron chi connectivity index (χ1n) is 10.3. The van der Waals surface area contributed by atoms with Gasteiger partial charge in [-0.3, -0.25) is 4.90 Å². The molecule has 0 radical (unpaired) electrons. The van der Waals surface area contributed by atoms with Crippen molar-refractivity contribution in [2.24, 2.45) is 5.41 Å². The Morgan fingerprint density at radius 1 is 0.929 bits per heavy atom. The molecule has 3 rings (SSSR count). The molecule has 2 aromatic rings. The topological polar surface area (TPSA) is 58.0 Å². The summed E-state index contributed by atoms with van der Waals surface area (Å²) in [6, 6.07) is 4.27. The van der Waals surface area contributed by atoms with Crippen molar-refractivity contribution in [1.82, 2.24) is 25.3 Å². The largest absolute Gasteiger partial charge is 0.353 e. The Morgan fingerprint density at radius 3 is 2.32 bits per heavy atom. The Bertz CT molecular complexity index is 745. The quantitative estimate of drug-likeness (QED) is 0.764. The second-order valence-corrected chi connectivity index (χ2v) is 9.72. The van der Waals surface area contributed by atoms with Gasteiger partial charge in [-0.05, 0) is 53.5 Å². The van der Waals surface area contributed by atoms with Crippen molar-refractivity contribution >= 4 is 5.82 Å². The number of rotatable bonds is 6. The summed E-state index contributed by atoms with van der Waals surface area (Å²) in [6.45, 7) is 16.7. The number of aromatic nitrogens is 4. The van der Waals surface area contributed by atoms with E-state index in [0.717, 1.165) is 45.0 Å². The van der Waals surface area contributed by atoms with E-state index in [9.17, 15) is 0 Å². The minimum absolute atomic E-state index is 0.0996. The van der Waals surface area contributed by atoms with Crippen LogP contribution in [0.1, 0.15) is 52.2 Å². The lowest BCUT2D eigenvalue weighted by atomic mass is 9.83. The number of anilines is 1. The third-order valence-electron chi connectivity index (χ3n) is 5.64. The van der Waals surface area contributed by atoms with Crippen LogP contribution in [0.2, 0.25) is 0 Å². The van der Waals surface area contributed by atoms with Crippen LogP contribution in [0, 0.1) is 5.41 Å². The molecular weight excluding hydrogens is 348 g/mol. The maximum absolute atomic E-state index is 4.38. The van der Waals surface area contributed by atoms with Gasteiger partial charge in [0.25, 0.3) is 0 Å². The van der Waals surface area contributed by atoms with Gasteiger partial charge in [-0.15, -0.1) is 5.10 Å². The normalized spacial score (nSPS) is 16.4. The lowest BCUT2D eigenvalue weighted by Crippen LogP contribution is -2.47. The van der Waals surface area contributed by atoms with Crippen molar-refractivity contribution in [3.05, 3.63) is 41.9 Å². The molecule has 1 aliphatic heterocycles. The second kappa shape index (κ2) is 8.52. The van der Waals surface area contributed by atoms with E-state index in [-0.39, 0.29) is 10.8 Å². The fraction of sp³-hybridized carbons (Fsp3) is 0.636. The number of hydrogen-bond acceptors (Lipinski definition) is 6. The predicted octanol–water partition coefficient (Wildman–Crippen LogP) is 3.35. The summed E-state index contributed by atoms with van der Waals surface area (Å²) in [6.07, 6.45) is 7.77. The van der Waals surface area contributed by atoms with Crippen LogP contribution in [0.25, 0.3) is 0 Å². The van der Waals surface area contributed by atoms with Crippen molar-refractivity contribution in [2.75, 3.05) is 37.6 Å². The molecule has 1 aliphatic rings. The molecule has 0 amide bonds. The van der Waals surface area contributed by atoms with Crippen molar-refractivity contribution in [3.63, 3.8) is 0 Å². The van der Waals surface area contributed by atoms with Crippen LogP contribution < -0.4 is 4.90 Å². The lowest BCUT2D eigenvalue weighted by Gasteiger charge is -2.37. The molecule has 1 fully saturated rings.